The molecule has 1 nitrogen and oxygen atoms in total. The van der Waals surface area contributed by atoms with E-state index in [0.717, 1.165) is 17.3 Å². The van der Waals surface area contributed by atoms with Gasteiger partial charge in [-0.2, -0.15) is 0 Å². The molecule has 2 heteroatoms. The highest BCUT2D eigenvalue weighted by Crippen LogP contribution is 2.25. The summed E-state index contributed by atoms with van der Waals surface area (Å²) in [6, 6.07) is 14.7. The lowest BCUT2D eigenvalue weighted by molar-refractivity contribution is 0.865. The van der Waals surface area contributed by atoms with Crippen molar-refractivity contribution in [1.82, 2.24) is 0 Å². The Hall–Kier alpha value is -1.47. The molecule has 0 spiro atoms. The van der Waals surface area contributed by atoms with Gasteiger partial charge in [-0.3, -0.25) is 0 Å². The van der Waals surface area contributed by atoms with Crippen molar-refractivity contribution in [3.8, 4) is 0 Å². The van der Waals surface area contributed by atoms with Crippen LogP contribution < -0.4 is 5.32 Å². The lowest BCUT2D eigenvalue weighted by atomic mass is 10.0. The zero-order valence-corrected chi connectivity index (χ0v) is 12.5. The zero-order chi connectivity index (χ0) is 13.8. The lowest BCUT2D eigenvalue weighted by Gasteiger charge is -2.12. The van der Waals surface area contributed by atoms with Crippen LogP contribution in [0, 0.1) is 6.92 Å². The van der Waals surface area contributed by atoms with E-state index in [4.69, 9.17) is 11.6 Å². The molecule has 100 valence electrons. The van der Waals surface area contributed by atoms with Crippen LogP contribution in [0.3, 0.4) is 0 Å². The number of anilines is 1. The minimum atomic E-state index is 0.577. The summed E-state index contributed by atoms with van der Waals surface area (Å²) < 4.78 is 0. The first-order chi connectivity index (χ1) is 9.08. The second-order valence-corrected chi connectivity index (χ2v) is 5.59. The molecule has 0 saturated carbocycles. The SMILES string of the molecule is Cc1cccc(Cl)c1NCc1ccc(C(C)C)cc1. The number of hydrogen-bond acceptors (Lipinski definition) is 1. The van der Waals surface area contributed by atoms with Gasteiger partial charge in [0, 0.05) is 6.54 Å². The third-order valence-corrected chi connectivity index (χ3v) is 3.65. The minimum absolute atomic E-state index is 0.577. The van der Waals surface area contributed by atoms with Crippen molar-refractivity contribution >= 4 is 17.3 Å². The number of benzene rings is 2. The van der Waals surface area contributed by atoms with E-state index in [1.165, 1.54) is 16.7 Å². The van der Waals surface area contributed by atoms with Crippen molar-refractivity contribution in [3.05, 3.63) is 64.2 Å². The van der Waals surface area contributed by atoms with E-state index >= 15 is 0 Å². The zero-order valence-electron chi connectivity index (χ0n) is 11.7. The average Bonchev–Trinajstić information content (AvgIpc) is 2.38. The fraction of sp³-hybridized carbons (Fsp3) is 0.294. The lowest BCUT2D eigenvalue weighted by Crippen LogP contribution is -2.02. The van der Waals surface area contributed by atoms with Crippen molar-refractivity contribution in [2.75, 3.05) is 5.32 Å². The molecule has 0 aliphatic rings. The fourth-order valence-corrected chi connectivity index (χ4v) is 2.36. The molecule has 0 radical (unpaired) electrons. The van der Waals surface area contributed by atoms with Crippen LogP contribution in [0.4, 0.5) is 5.69 Å². The second-order valence-electron chi connectivity index (χ2n) is 5.18. The Morgan fingerprint density at radius 1 is 1.05 bits per heavy atom. The molecule has 0 aliphatic carbocycles. The van der Waals surface area contributed by atoms with Crippen LogP contribution in [0.2, 0.25) is 5.02 Å². The Balaban J connectivity index is 2.06. The van der Waals surface area contributed by atoms with Crippen molar-refractivity contribution in [2.45, 2.75) is 33.2 Å². The maximum atomic E-state index is 6.20. The summed E-state index contributed by atoms with van der Waals surface area (Å²) in [4.78, 5) is 0. The minimum Gasteiger partial charge on any atom is -0.380 e. The molecular weight excluding hydrogens is 254 g/mol. The number of nitrogens with one attached hydrogen (secondary N) is 1. The Labute approximate surface area is 120 Å². The topological polar surface area (TPSA) is 12.0 Å². The van der Waals surface area contributed by atoms with Crippen LogP contribution >= 0.6 is 11.6 Å². The third kappa shape index (κ3) is 3.51. The largest absolute Gasteiger partial charge is 0.380 e. The van der Waals surface area contributed by atoms with E-state index in [2.05, 4.69) is 56.4 Å². The van der Waals surface area contributed by atoms with Gasteiger partial charge < -0.3 is 5.32 Å². The van der Waals surface area contributed by atoms with Gasteiger partial charge in [0.25, 0.3) is 0 Å². The molecule has 0 fully saturated rings. The second kappa shape index (κ2) is 6.12. The molecule has 0 atom stereocenters. The van der Waals surface area contributed by atoms with Gasteiger partial charge in [0.2, 0.25) is 0 Å². The summed E-state index contributed by atoms with van der Waals surface area (Å²) in [6.07, 6.45) is 0. The van der Waals surface area contributed by atoms with Gasteiger partial charge in [0.05, 0.1) is 10.7 Å². The van der Waals surface area contributed by atoms with Crippen molar-refractivity contribution in [2.24, 2.45) is 0 Å². The number of rotatable bonds is 4. The van der Waals surface area contributed by atoms with Crippen LogP contribution in [0.15, 0.2) is 42.5 Å². The fourth-order valence-electron chi connectivity index (χ4n) is 2.07. The highest BCUT2D eigenvalue weighted by molar-refractivity contribution is 6.33. The molecule has 19 heavy (non-hydrogen) atoms. The predicted octanol–water partition coefficient (Wildman–Crippen LogP) is 5.38. The van der Waals surface area contributed by atoms with Gasteiger partial charge in [-0.05, 0) is 35.6 Å². The first kappa shape index (κ1) is 14.0. The average molecular weight is 274 g/mol. The Bertz CT molecular complexity index is 523. The summed E-state index contributed by atoms with van der Waals surface area (Å²) in [5.41, 5.74) is 4.84. The van der Waals surface area contributed by atoms with Crippen molar-refractivity contribution < 1.29 is 0 Å². The predicted molar refractivity (Wildman–Crippen MR) is 84.0 cm³/mol. The summed E-state index contributed by atoms with van der Waals surface area (Å²) in [6.45, 7) is 7.28. The van der Waals surface area contributed by atoms with Crippen LogP contribution in [0.1, 0.15) is 36.5 Å². The van der Waals surface area contributed by atoms with Crippen molar-refractivity contribution in [1.29, 1.82) is 0 Å². The number of aryl methyl sites for hydroxylation is 1. The molecule has 1 N–H and O–H groups in total. The van der Waals surface area contributed by atoms with Crippen molar-refractivity contribution in [3.63, 3.8) is 0 Å². The van der Waals surface area contributed by atoms with Gasteiger partial charge in [-0.25, -0.2) is 0 Å². The molecule has 0 saturated heterocycles. The Morgan fingerprint density at radius 2 is 1.74 bits per heavy atom. The first-order valence-electron chi connectivity index (χ1n) is 6.65. The van der Waals surface area contributed by atoms with Crippen LogP contribution in [-0.2, 0) is 6.54 Å². The maximum Gasteiger partial charge on any atom is 0.0640 e. The summed E-state index contributed by atoms with van der Waals surface area (Å²) in [7, 11) is 0. The van der Waals surface area contributed by atoms with Crippen LogP contribution in [0.5, 0.6) is 0 Å². The summed E-state index contributed by atoms with van der Waals surface area (Å²) in [5, 5.41) is 4.19. The number of para-hydroxylation sites is 1. The number of halogens is 1. The van der Waals surface area contributed by atoms with E-state index in [0.29, 0.717) is 5.92 Å². The van der Waals surface area contributed by atoms with Crippen LogP contribution in [0.25, 0.3) is 0 Å². The van der Waals surface area contributed by atoms with E-state index in [-0.39, 0.29) is 0 Å². The molecule has 2 aromatic carbocycles. The van der Waals surface area contributed by atoms with Crippen LogP contribution in [-0.4, -0.2) is 0 Å². The highest BCUT2D eigenvalue weighted by atomic mass is 35.5. The normalized spacial score (nSPS) is 10.8. The van der Waals surface area contributed by atoms with Gasteiger partial charge in [0.15, 0.2) is 0 Å². The Morgan fingerprint density at radius 3 is 2.32 bits per heavy atom. The molecule has 0 amide bonds. The third-order valence-electron chi connectivity index (χ3n) is 3.34. The molecule has 0 heterocycles. The quantitative estimate of drug-likeness (QED) is 0.788. The van der Waals surface area contributed by atoms with Gasteiger partial charge >= 0.3 is 0 Å². The molecular formula is C17H20ClN. The van der Waals surface area contributed by atoms with Gasteiger partial charge in [-0.1, -0.05) is 61.8 Å². The van der Waals surface area contributed by atoms with E-state index in [9.17, 15) is 0 Å². The molecule has 2 aromatic rings. The summed E-state index contributed by atoms with van der Waals surface area (Å²) >= 11 is 6.20. The Kier molecular flexibility index (Phi) is 4.49. The first-order valence-corrected chi connectivity index (χ1v) is 7.03. The standard InChI is InChI=1S/C17H20ClN/c1-12(2)15-9-7-14(8-10-15)11-19-17-13(3)5-4-6-16(17)18/h4-10,12,19H,11H2,1-3H3. The smallest absolute Gasteiger partial charge is 0.0640 e. The number of hydrogen-bond donors (Lipinski definition) is 1. The molecule has 0 aromatic heterocycles. The molecule has 0 aliphatic heterocycles. The molecule has 0 unspecified atom stereocenters. The maximum absolute atomic E-state index is 6.20. The van der Waals surface area contributed by atoms with Gasteiger partial charge in [-0.15, -0.1) is 0 Å². The highest BCUT2D eigenvalue weighted by Gasteiger charge is 2.03. The van der Waals surface area contributed by atoms with E-state index < -0.39 is 0 Å². The molecule has 2 rings (SSSR count). The van der Waals surface area contributed by atoms with E-state index in [1.54, 1.807) is 0 Å². The molecule has 0 bridgehead atoms. The summed E-state index contributed by atoms with van der Waals surface area (Å²) in [5.74, 6) is 0.577. The monoisotopic (exact) mass is 273 g/mol. The van der Waals surface area contributed by atoms with Gasteiger partial charge in [0.1, 0.15) is 0 Å². The van der Waals surface area contributed by atoms with E-state index in [1.807, 2.05) is 12.1 Å².